The zero-order chi connectivity index (χ0) is 12.6. The van der Waals surface area contributed by atoms with Crippen molar-refractivity contribution in [1.82, 2.24) is 10.6 Å². The normalized spacial score (nSPS) is 13.4. The Kier molecular flexibility index (Phi) is 6.97. The van der Waals surface area contributed by atoms with Crippen molar-refractivity contribution in [3.63, 3.8) is 0 Å². The van der Waals surface area contributed by atoms with E-state index in [0.29, 0.717) is 6.54 Å². The Morgan fingerprint density at radius 2 is 2.06 bits per heavy atom. The van der Waals surface area contributed by atoms with Crippen LogP contribution in [0.3, 0.4) is 0 Å². The van der Waals surface area contributed by atoms with Crippen LogP contribution in [0.2, 0.25) is 0 Å². The number of nitrogens with one attached hydrogen (secondary N) is 2. The van der Waals surface area contributed by atoms with Gasteiger partial charge < -0.3 is 16.4 Å². The molecule has 0 heterocycles. The number of carbonyl (C=O) groups is 2. The van der Waals surface area contributed by atoms with E-state index in [1.54, 1.807) is 6.92 Å². The summed E-state index contributed by atoms with van der Waals surface area (Å²) >= 11 is 0. The van der Waals surface area contributed by atoms with E-state index in [-0.39, 0.29) is 12.3 Å². The van der Waals surface area contributed by atoms with E-state index in [1.165, 1.54) is 0 Å². The highest BCUT2D eigenvalue weighted by Crippen LogP contribution is 1.89. The first-order valence-electron chi connectivity index (χ1n) is 5.30. The second kappa shape index (κ2) is 7.71. The van der Waals surface area contributed by atoms with Crippen LogP contribution < -0.4 is 16.4 Å². The lowest BCUT2D eigenvalue weighted by atomic mass is 10.2. The Bertz CT molecular complexity index is 283. The Hall–Kier alpha value is -1.54. The summed E-state index contributed by atoms with van der Waals surface area (Å²) in [5.41, 5.74) is 5.49. The van der Waals surface area contributed by atoms with Crippen molar-refractivity contribution < 1.29 is 9.59 Å². The van der Waals surface area contributed by atoms with E-state index in [4.69, 9.17) is 12.2 Å². The molecule has 0 saturated carbocycles. The third-order valence-electron chi connectivity index (χ3n) is 1.98. The largest absolute Gasteiger partial charge is 0.354 e. The highest BCUT2D eigenvalue weighted by Gasteiger charge is 2.18. The molecule has 0 aromatic heterocycles. The molecular weight excluding hydrogens is 206 g/mol. The molecule has 4 N–H and O–H groups in total. The van der Waals surface area contributed by atoms with E-state index < -0.39 is 18.0 Å². The Balaban J connectivity index is 4.04. The molecule has 90 valence electrons. The minimum absolute atomic E-state index is 0.162. The van der Waals surface area contributed by atoms with Crippen LogP contribution in [-0.2, 0) is 9.59 Å². The summed E-state index contributed by atoms with van der Waals surface area (Å²) < 4.78 is 0. The van der Waals surface area contributed by atoms with Crippen molar-refractivity contribution in [2.75, 3.05) is 6.54 Å². The molecule has 16 heavy (non-hydrogen) atoms. The predicted molar refractivity (Wildman–Crippen MR) is 62.3 cm³/mol. The van der Waals surface area contributed by atoms with Crippen LogP contribution in [0, 0.1) is 12.3 Å². The maximum absolute atomic E-state index is 11.4. The summed E-state index contributed by atoms with van der Waals surface area (Å²) in [5.74, 6) is 1.67. The fourth-order valence-electron chi connectivity index (χ4n) is 1.01. The van der Waals surface area contributed by atoms with Crippen LogP contribution in [0.15, 0.2) is 0 Å². The molecule has 0 bridgehead atoms. The summed E-state index contributed by atoms with van der Waals surface area (Å²) in [7, 11) is 0. The molecule has 2 unspecified atom stereocenters. The van der Waals surface area contributed by atoms with Crippen molar-refractivity contribution in [3.8, 4) is 12.3 Å². The molecule has 0 saturated heterocycles. The van der Waals surface area contributed by atoms with Crippen molar-refractivity contribution in [1.29, 1.82) is 0 Å². The van der Waals surface area contributed by atoms with E-state index in [9.17, 15) is 9.59 Å². The molecule has 5 heteroatoms. The standard InChI is InChI=1S/C11H19N3O2/c1-4-6-9(12)11(16)14-8(3)10(15)13-7-5-2/h1,8-9H,5-7,12H2,2-3H3,(H,13,15)(H,14,16). The van der Waals surface area contributed by atoms with Crippen LogP contribution in [0.5, 0.6) is 0 Å². The van der Waals surface area contributed by atoms with E-state index in [0.717, 1.165) is 6.42 Å². The van der Waals surface area contributed by atoms with Gasteiger partial charge in [-0.15, -0.1) is 12.3 Å². The first kappa shape index (κ1) is 14.5. The van der Waals surface area contributed by atoms with Crippen molar-refractivity contribution >= 4 is 11.8 Å². The topological polar surface area (TPSA) is 84.2 Å². The van der Waals surface area contributed by atoms with Crippen LogP contribution in [0.25, 0.3) is 0 Å². The lowest BCUT2D eigenvalue weighted by molar-refractivity contribution is -0.129. The van der Waals surface area contributed by atoms with Gasteiger partial charge in [0.2, 0.25) is 11.8 Å². The molecule has 0 fully saturated rings. The summed E-state index contributed by atoms with van der Waals surface area (Å²) in [4.78, 5) is 22.8. The Morgan fingerprint density at radius 3 is 2.56 bits per heavy atom. The summed E-state index contributed by atoms with van der Waals surface area (Å²) in [5, 5.41) is 5.18. The quantitative estimate of drug-likeness (QED) is 0.526. The molecule has 0 aromatic rings. The number of nitrogens with two attached hydrogens (primary N) is 1. The fraction of sp³-hybridized carbons (Fsp3) is 0.636. The number of amides is 2. The van der Waals surface area contributed by atoms with Gasteiger partial charge in [-0.05, 0) is 13.3 Å². The van der Waals surface area contributed by atoms with Gasteiger partial charge in [-0.3, -0.25) is 9.59 Å². The molecular formula is C11H19N3O2. The van der Waals surface area contributed by atoms with Gasteiger partial charge in [-0.2, -0.15) is 0 Å². The average molecular weight is 225 g/mol. The molecule has 0 aliphatic carbocycles. The van der Waals surface area contributed by atoms with Gasteiger partial charge in [0.1, 0.15) is 6.04 Å². The van der Waals surface area contributed by atoms with E-state index in [1.807, 2.05) is 6.92 Å². The van der Waals surface area contributed by atoms with Gasteiger partial charge >= 0.3 is 0 Å². The smallest absolute Gasteiger partial charge is 0.242 e. The van der Waals surface area contributed by atoms with Crippen LogP contribution >= 0.6 is 0 Å². The first-order chi connectivity index (χ1) is 7.52. The third kappa shape index (κ3) is 5.37. The second-order valence-corrected chi connectivity index (χ2v) is 3.54. The lowest BCUT2D eigenvalue weighted by Gasteiger charge is -2.16. The molecule has 0 aliphatic rings. The zero-order valence-corrected chi connectivity index (χ0v) is 9.75. The minimum Gasteiger partial charge on any atom is -0.354 e. The van der Waals surface area contributed by atoms with Crippen molar-refractivity contribution in [3.05, 3.63) is 0 Å². The number of carbonyl (C=O) groups excluding carboxylic acids is 2. The predicted octanol–water partition coefficient (Wildman–Crippen LogP) is -0.632. The molecule has 0 radical (unpaired) electrons. The Labute approximate surface area is 96.2 Å². The fourth-order valence-corrected chi connectivity index (χ4v) is 1.01. The van der Waals surface area contributed by atoms with Crippen molar-refractivity contribution in [2.45, 2.75) is 38.8 Å². The summed E-state index contributed by atoms with van der Waals surface area (Å²) in [6.45, 7) is 4.15. The minimum atomic E-state index is -0.758. The molecule has 0 aliphatic heterocycles. The zero-order valence-electron chi connectivity index (χ0n) is 9.75. The molecule has 2 atom stereocenters. The molecule has 0 spiro atoms. The van der Waals surface area contributed by atoms with Gasteiger partial charge in [-0.1, -0.05) is 6.92 Å². The van der Waals surface area contributed by atoms with Gasteiger partial charge in [0.05, 0.1) is 6.04 Å². The molecule has 2 amide bonds. The van der Waals surface area contributed by atoms with Gasteiger partial charge in [0.15, 0.2) is 0 Å². The third-order valence-corrected chi connectivity index (χ3v) is 1.98. The van der Waals surface area contributed by atoms with Crippen LogP contribution in [0.4, 0.5) is 0 Å². The average Bonchev–Trinajstić information content (AvgIpc) is 2.25. The van der Waals surface area contributed by atoms with E-state index >= 15 is 0 Å². The number of hydrogen-bond acceptors (Lipinski definition) is 3. The molecule has 5 nitrogen and oxygen atoms in total. The maximum Gasteiger partial charge on any atom is 0.242 e. The molecule has 0 rings (SSSR count). The van der Waals surface area contributed by atoms with Crippen LogP contribution in [-0.4, -0.2) is 30.4 Å². The first-order valence-corrected chi connectivity index (χ1v) is 5.30. The second-order valence-electron chi connectivity index (χ2n) is 3.54. The molecule has 0 aromatic carbocycles. The summed E-state index contributed by atoms with van der Waals surface area (Å²) in [6, 6.07) is -1.35. The lowest BCUT2D eigenvalue weighted by Crippen LogP contribution is -2.50. The van der Waals surface area contributed by atoms with E-state index in [2.05, 4.69) is 16.6 Å². The highest BCUT2D eigenvalue weighted by atomic mass is 16.2. The van der Waals surface area contributed by atoms with Gasteiger partial charge in [0, 0.05) is 13.0 Å². The number of terminal acetylenes is 1. The SMILES string of the molecule is C#CCC(N)C(=O)NC(C)C(=O)NCCC. The van der Waals surface area contributed by atoms with Crippen LogP contribution in [0.1, 0.15) is 26.7 Å². The highest BCUT2D eigenvalue weighted by molar-refractivity contribution is 5.89. The Morgan fingerprint density at radius 1 is 1.44 bits per heavy atom. The number of hydrogen-bond donors (Lipinski definition) is 3. The number of rotatable bonds is 6. The van der Waals surface area contributed by atoms with Gasteiger partial charge in [0.25, 0.3) is 0 Å². The monoisotopic (exact) mass is 225 g/mol. The van der Waals surface area contributed by atoms with Gasteiger partial charge in [-0.25, -0.2) is 0 Å². The maximum atomic E-state index is 11.4. The summed E-state index contributed by atoms with van der Waals surface area (Å²) in [6.07, 6.45) is 6.05. The van der Waals surface area contributed by atoms with Crippen molar-refractivity contribution in [2.24, 2.45) is 5.73 Å².